The molecule has 12 aromatic rings. The van der Waals surface area contributed by atoms with Crippen LogP contribution in [-0.2, 0) is 23.9 Å². The summed E-state index contributed by atoms with van der Waals surface area (Å²) < 4.78 is 30.5. The first-order valence-corrected chi connectivity index (χ1v) is 37.4. The number of nitrogens with one attached hydrogen (secondary N) is 1. The van der Waals surface area contributed by atoms with E-state index < -0.39 is 13.1 Å². The van der Waals surface area contributed by atoms with Crippen LogP contribution >= 0.6 is 15.9 Å². The number of carboxylic acids is 1. The number of methoxy groups -OCH3 is 3. The average Bonchev–Trinajstić information content (AvgIpc) is 1.44. The molecule has 16 rings (SSSR count). The van der Waals surface area contributed by atoms with Crippen molar-refractivity contribution in [3.8, 4) is 45.0 Å². The molecule has 4 aliphatic rings. The summed E-state index contributed by atoms with van der Waals surface area (Å²) in [4.78, 5) is 103. The second-order valence-corrected chi connectivity index (χ2v) is 27.1. The number of carbonyl (C=O) groups excluding carboxylic acids is 4. The molecule has 0 radical (unpaired) electrons. The molecular weight excluding hydrogens is 1570 g/mol. The van der Waals surface area contributed by atoms with Gasteiger partial charge in [-0.05, 0) is 174 Å². The van der Waals surface area contributed by atoms with Crippen molar-refractivity contribution < 1.29 is 168 Å². The molecule has 4 atom stereocenters. The van der Waals surface area contributed by atoms with Crippen LogP contribution in [0, 0.1) is 0 Å². The third-order valence-electron chi connectivity index (χ3n) is 19.1. The van der Waals surface area contributed by atoms with E-state index >= 15 is 0 Å². The molecule has 28 heteroatoms. The maximum Gasteiger partial charge on any atom is 1.00 e. The Bertz CT molecular complexity index is 5030. The summed E-state index contributed by atoms with van der Waals surface area (Å²) in [5.74, 6) is 0.542. The Morgan fingerprint density at radius 3 is 0.991 bits per heavy atom. The average molecular weight is 1660 g/mol. The number of aromatic nitrogens is 8. The van der Waals surface area contributed by atoms with E-state index in [1.165, 1.54) is 40.7 Å². The molecule has 3 N–H and O–H groups in total. The van der Waals surface area contributed by atoms with Crippen LogP contribution in [0.2, 0.25) is 0 Å². The van der Waals surface area contributed by atoms with E-state index in [1.807, 2.05) is 109 Å². The van der Waals surface area contributed by atoms with Crippen LogP contribution in [0.4, 0.5) is 21.8 Å². The van der Waals surface area contributed by atoms with Crippen molar-refractivity contribution in [2.75, 3.05) is 76.5 Å². The monoisotopic (exact) mass is 1660 g/mol. The van der Waals surface area contributed by atoms with E-state index in [0.29, 0.717) is 67.0 Å². The minimum absolute atomic E-state index is 0. The number of aliphatic hydroxyl groups excluding tert-OH is 1. The number of halogens is 2. The number of carboxylic acid groups (broad SMARTS) is 1. The Labute approximate surface area is 758 Å². The maximum atomic E-state index is 11.9. The zero-order valence-electron chi connectivity index (χ0n) is 67.7. The summed E-state index contributed by atoms with van der Waals surface area (Å²) in [6.07, 6.45) is 9.61. The quantitative estimate of drug-likeness (QED) is 0.0256. The molecule has 8 heterocycles. The van der Waals surface area contributed by atoms with Crippen molar-refractivity contribution in [3.63, 3.8) is 0 Å². The van der Waals surface area contributed by atoms with E-state index in [9.17, 15) is 28.7 Å². The summed E-state index contributed by atoms with van der Waals surface area (Å²) in [7, 11) is 4.12. The van der Waals surface area contributed by atoms with Gasteiger partial charge in [0.05, 0.1) is 96.2 Å². The fourth-order valence-corrected chi connectivity index (χ4v) is 13.9. The molecule has 4 saturated heterocycles. The molecule has 4 aromatic heterocycles. The first-order chi connectivity index (χ1) is 54.9. The standard InChI is InChI=1S/2C21H21N3O2.C20H19N3O2.C16H11BrN2O2.C5H11N.CH3F.CH2O3.CH4O.2K.H/c2*1-14-7-6-12-24(14)20-19(15-8-4-3-5-9-15)22-17-11-10-16(21(25)26-2)13-18(17)23-20;1-13-6-5-11-23(13)19-18(14-7-3-2-4-8-14)21-16-10-9-15(20(24)25)12-17(16)22-19;1-21-16(20)11-7-8-12-13(9-11)19-15(17)14(18-12)10-5-3-2-4-6-10;1-5-3-2-4-6-5;1-2;2-1-4-3;1-2;;;/h2*3-5,8-11,13-14H,6-7,12H2,1-2H3;2-4,7-10,12-13H,5-6,11H2,1H3,(H,24,25);2-9H,1H3;5-6H,2-4H2,1H3;1H3;1,3H;2H,1H3;;;/q;;;;;;;;2*+1;-1/p-1/t14-;;13-;;;;;;;;/m0.0......../s1/i;;;;;1D;;;;;. The molecule has 114 heavy (non-hydrogen) atoms. The third kappa shape index (κ3) is 24.3. The van der Waals surface area contributed by atoms with E-state index in [0.717, 1.165) is 150 Å². The smallest absolute Gasteiger partial charge is 1.00 e. The van der Waals surface area contributed by atoms with Crippen molar-refractivity contribution in [2.24, 2.45) is 0 Å². The molecule has 0 bridgehead atoms. The number of alkyl halides is 1. The number of rotatable bonds is 12. The molecule has 0 aliphatic carbocycles. The van der Waals surface area contributed by atoms with Crippen molar-refractivity contribution in [1.29, 1.82) is 0 Å². The van der Waals surface area contributed by atoms with Gasteiger partial charge in [-0.2, -0.15) is 0 Å². The predicted molar refractivity (Wildman–Crippen MR) is 437 cm³/mol. The van der Waals surface area contributed by atoms with Gasteiger partial charge in [-0.3, -0.25) is 9.18 Å². The van der Waals surface area contributed by atoms with Gasteiger partial charge in [-0.15, -0.1) is 0 Å². The zero-order valence-corrected chi connectivity index (χ0v) is 73.5. The normalized spacial score (nSPS) is 15.6. The Balaban J connectivity index is 0.000000225. The van der Waals surface area contributed by atoms with Gasteiger partial charge in [0, 0.05) is 73.2 Å². The molecule has 2 unspecified atom stereocenters. The zero-order chi connectivity index (χ0) is 80.9. The molecule has 584 valence electrons. The molecule has 4 fully saturated rings. The van der Waals surface area contributed by atoms with Gasteiger partial charge in [0.1, 0.15) is 27.4 Å². The second kappa shape index (κ2) is 46.8. The molecule has 8 aromatic carbocycles. The summed E-state index contributed by atoms with van der Waals surface area (Å²) in [5.41, 5.74) is 14.8. The van der Waals surface area contributed by atoms with Crippen molar-refractivity contribution >= 4 is 108 Å². The first kappa shape index (κ1) is 91.0. The maximum absolute atomic E-state index is 11.9. The number of benzene rings is 8. The summed E-state index contributed by atoms with van der Waals surface area (Å²) in [6, 6.07) is 62.8. The molecule has 0 spiro atoms. The molecule has 24 nitrogen and oxygen atoms in total. The van der Waals surface area contributed by atoms with Gasteiger partial charge in [0.2, 0.25) is 0 Å². The topological polar surface area (TPSA) is 311 Å². The van der Waals surface area contributed by atoms with Crippen LogP contribution in [0.1, 0.15) is 123 Å². The number of hydrogen-bond donors (Lipinski definition) is 3. The van der Waals surface area contributed by atoms with Gasteiger partial charge in [-0.1, -0.05) is 121 Å². The van der Waals surface area contributed by atoms with Crippen molar-refractivity contribution in [2.45, 2.75) is 103 Å². The van der Waals surface area contributed by atoms with Gasteiger partial charge in [0.25, 0.3) is 6.47 Å². The fraction of sp³-hybridized carbons (Fsp3) is 0.291. The largest absolute Gasteiger partial charge is 1.00 e. The van der Waals surface area contributed by atoms with Crippen LogP contribution < -0.4 is 128 Å². The number of aromatic carboxylic acids is 1. The van der Waals surface area contributed by atoms with Crippen LogP contribution in [0.15, 0.2) is 199 Å². The number of carbonyl (C=O) groups is 5. The minimum atomic E-state index is -1.00. The fourth-order valence-electron chi connectivity index (χ4n) is 13.4. The number of aliphatic hydroxyl groups is 1. The molecule has 0 saturated carbocycles. The Morgan fingerprint density at radius 1 is 0.465 bits per heavy atom. The minimum Gasteiger partial charge on any atom is -1.00 e. The number of hydrogen-bond acceptors (Lipinski definition) is 23. The number of anilines is 3. The van der Waals surface area contributed by atoms with E-state index in [-0.39, 0.29) is 134 Å². The second-order valence-electron chi connectivity index (χ2n) is 26.4. The summed E-state index contributed by atoms with van der Waals surface area (Å²) >= 11 is 3.44. The van der Waals surface area contributed by atoms with Gasteiger partial charge >= 0.3 is 127 Å². The van der Waals surface area contributed by atoms with Crippen molar-refractivity contribution in [3.05, 3.63) is 221 Å². The van der Waals surface area contributed by atoms with E-state index in [1.54, 1.807) is 60.7 Å². The first-order valence-electron chi connectivity index (χ1n) is 37.3. The molecule has 0 amide bonds. The Hall–Kier alpha value is -8.57. The van der Waals surface area contributed by atoms with E-state index in [2.05, 4.69) is 103 Å². The Kier molecular flexibility index (Phi) is 37.4. The van der Waals surface area contributed by atoms with Gasteiger partial charge < -0.3 is 56.0 Å². The van der Waals surface area contributed by atoms with E-state index in [4.69, 9.17) is 60.6 Å². The van der Waals surface area contributed by atoms with Crippen LogP contribution in [0.25, 0.3) is 89.2 Å². The van der Waals surface area contributed by atoms with Crippen LogP contribution in [0.3, 0.4) is 0 Å². The van der Waals surface area contributed by atoms with Crippen molar-refractivity contribution in [1.82, 2.24) is 45.2 Å². The third-order valence-corrected chi connectivity index (χ3v) is 19.6. The number of esters is 3. The van der Waals surface area contributed by atoms with Crippen LogP contribution in [0.5, 0.6) is 0 Å². The molecule has 4 aliphatic heterocycles. The summed E-state index contributed by atoms with van der Waals surface area (Å²) in [6.45, 7) is 12.8. The molecular formula is C86H92BrFK2N12O12. The van der Waals surface area contributed by atoms with Gasteiger partial charge in [0.15, 0.2) is 17.5 Å². The SMILES string of the molecule is CC1CCCN1.CO.COC(=O)c1ccc2nc(-c3ccccc3)c(Br)nc2c1.COC(=O)c1ccc2nc(-c3ccccc3)c(N3CCCC3C)nc2c1.COC(=O)c1ccc2nc(-c3ccccc3)c(N3CCC[C@@H]3C)nc2c1.C[C@H]1CCCN1c1nc2cc(C(=O)O)ccc2nc1-c1ccccc1.O=CO[O-].[2H]CF.[H-].[K+].[K+]. The summed E-state index contributed by atoms with van der Waals surface area (Å²) in [5, 5.41) is 28.0. The number of fused-ring (bicyclic) bond motifs is 4. The number of ether oxygens (including phenoxy) is 3. The predicted octanol–water partition coefficient (Wildman–Crippen LogP) is 9.48. The van der Waals surface area contributed by atoms with Gasteiger partial charge in [-0.25, -0.2) is 59.0 Å². The number of nitrogens with zero attached hydrogens (tertiary/aromatic N) is 11. The Morgan fingerprint density at radius 2 is 0.746 bits per heavy atom. The van der Waals surface area contributed by atoms with Crippen LogP contribution in [-0.4, -0.2) is 166 Å².